The fraction of sp³-hybridized carbons (Fsp3) is 0.639. The van der Waals surface area contributed by atoms with Crippen LogP contribution in [0.3, 0.4) is 0 Å². The van der Waals surface area contributed by atoms with E-state index >= 15 is 9.13 Å². The molecule has 6 saturated heterocycles. The van der Waals surface area contributed by atoms with Crippen LogP contribution in [-0.2, 0) is 149 Å². The standard InChI is InChI=1S/C72H103N20O39P5S3/c1-33-20-88(69(97)81-56(33)73)64-53(113-16-12-109-6)49(41(124-64)27-116-132(101,102)129-50-43(126-65(54(50)114-17-13-110-7)89-21-34(2)57(74)82-70(89)98)29-120-136(107,139)130-48-39(24-93)123-67(52(48)112-15-11-108-5)92-32-80-47-60(92)83-68(76)84-63(47)96)128-133(103,104)117-28-42-51(55(115-18-14-111-8)66(125-42)90-23-36(4)62(95)86-72(90)100)131-135(106,138)119-26-40-38(19-45(122-40)87-22-35(3)61(94)85-71(87)99)127-134(105,137)118-25-37-9-10-44(121-37)91-31-79-46-58(75)77-30-78-59(46)91/h20-23,30-32,37-45,48-55,64-67,93H,9-19,24-29H2,1-8H3,(H,101,102)(H,103,104)(H,105,137)(H,106,138)(H,107,139)(H2,73,81,97)(H2,74,82,98)(H2,75,77,78)(H,85,94,99)(H,86,95,100)(H3,76,83,84,96)/t37-,38+,39+,40+,41+,42+,43+,44+,45+,48?,49?,50?,51?,52-,53-,54-,55-,64+,65+,66+,67+,134?,135?,136?/m0/s1. The minimum atomic E-state index is -5.94. The Balaban J connectivity index is 0.736. The molecule has 59 nitrogen and oxygen atoms in total. The van der Waals surface area contributed by atoms with E-state index in [9.17, 15) is 62.8 Å². The highest BCUT2D eigenvalue weighted by Crippen LogP contribution is 2.59. The molecular formula is C72H103N20O39P5S3. The number of phosphoric acid groups is 2. The highest BCUT2D eigenvalue weighted by molar-refractivity contribution is 8.44. The van der Waals surface area contributed by atoms with Gasteiger partial charge in [-0.25, -0.2) is 52.8 Å². The number of fused-ring (bicyclic) bond motifs is 2. The molecule has 139 heavy (non-hydrogen) atoms. The summed E-state index contributed by atoms with van der Waals surface area (Å²) in [7, 11) is -6.55. The highest BCUT2D eigenvalue weighted by Gasteiger charge is 2.58. The predicted molar refractivity (Wildman–Crippen MR) is 484 cm³/mol. The Morgan fingerprint density at radius 2 is 0.863 bits per heavy atom. The van der Waals surface area contributed by atoms with Gasteiger partial charge in [-0.3, -0.25) is 92.9 Å². The molecule has 0 spiro atoms. The first-order valence-electron chi connectivity index (χ1n) is 42.3. The Morgan fingerprint density at radius 3 is 1.37 bits per heavy atom. The number of aliphatic hydroxyl groups is 1. The van der Waals surface area contributed by atoms with E-state index in [1.54, 1.807) is 4.57 Å². The number of rotatable bonds is 48. The third-order valence-electron chi connectivity index (χ3n) is 22.5. The van der Waals surface area contributed by atoms with Crippen LogP contribution in [0.2, 0.25) is 0 Å². The monoisotopic (exact) mass is 2120 g/mol. The first-order valence-corrected chi connectivity index (χ1v) is 53.1. The average molecular weight is 2120 g/mol. The van der Waals surface area contributed by atoms with Crippen molar-refractivity contribution in [3.63, 3.8) is 0 Å². The molecule has 6 aliphatic heterocycles. The molecular weight excluding hydrogens is 2020 g/mol. The van der Waals surface area contributed by atoms with Crippen molar-refractivity contribution in [2.75, 3.05) is 144 Å². The number of aliphatic hydroxyl groups excluding tert-OH is 1. The van der Waals surface area contributed by atoms with Crippen LogP contribution in [0, 0.1) is 27.7 Å². The van der Waals surface area contributed by atoms with Gasteiger partial charge in [-0.2, -0.15) is 15.0 Å². The Kier molecular flexibility index (Phi) is 35.3. The minimum absolute atomic E-state index is 0.0252. The summed E-state index contributed by atoms with van der Waals surface area (Å²) < 4.78 is 195. The number of ether oxygens (including phenoxy) is 14. The zero-order valence-corrected chi connectivity index (χ0v) is 81.9. The number of imidazole rings is 2. The molecule has 0 amide bonds. The Labute approximate surface area is 799 Å². The number of phosphoric ester groups is 2. The second-order valence-corrected chi connectivity index (χ2v) is 43.2. The van der Waals surface area contributed by atoms with Gasteiger partial charge in [-0.1, -0.05) is 12.2 Å². The van der Waals surface area contributed by atoms with E-state index in [4.69, 9.17) is 158 Å². The summed E-state index contributed by atoms with van der Waals surface area (Å²) in [5.74, 6) is -0.629. The summed E-state index contributed by atoms with van der Waals surface area (Å²) in [6.07, 6.45) is -24.8. The molecule has 0 saturated carbocycles. The summed E-state index contributed by atoms with van der Waals surface area (Å²) in [5.41, 5.74) is 18.4. The van der Waals surface area contributed by atoms with Gasteiger partial charge >= 0.3 is 58.6 Å². The SMILES string of the molecule is COCCO[C@H]1C(OP(=O)(O)OC[C@H]2O[C@@H](n3cc(C)c(=O)[nH]c3=O)[C@@H](OCCOC)C2OP(O)(=S)OC[C@H]2O[C@@H](n3cc(C)c(=O)[nH]c3=O)C[C@H]2OP(=O)(S)OC[C@@H]2CC[C@H](n3cnc4c(N)ncnc43)O2)[C@@H](COP(=O)(O)OC2[C@@H](COP(O)(=S)OC3[C@@H](CO)O[C@@H](n4cnc5c(=O)[nH]c(N)nc54)[C@H]3OCCOC)O[C@@H](n3cc(C)c(N)nc3=O)[C@H]2OCCOC)O[C@H]1n1cc(C)c(N)nc1=O. The summed E-state index contributed by atoms with van der Waals surface area (Å²) in [6.45, 7) is -16.2. The summed E-state index contributed by atoms with van der Waals surface area (Å²) in [6, 6.07) is 0. The Morgan fingerprint density at radius 1 is 0.432 bits per heavy atom. The molecule has 9 unspecified atom stereocenters. The van der Waals surface area contributed by atoms with E-state index < -0.39 is 244 Å². The molecule has 768 valence electrons. The van der Waals surface area contributed by atoms with Crippen LogP contribution in [-0.4, -0.2) is 314 Å². The van der Waals surface area contributed by atoms with E-state index in [-0.39, 0.29) is 116 Å². The predicted octanol–water partition coefficient (Wildman–Crippen LogP) is -1.51. The summed E-state index contributed by atoms with van der Waals surface area (Å²) in [5, 5.41) is 10.8. The average Bonchev–Trinajstić information content (AvgIpc) is 1.58. The van der Waals surface area contributed by atoms with Crippen molar-refractivity contribution in [2.24, 2.45) is 0 Å². The van der Waals surface area contributed by atoms with Gasteiger partial charge in [0.2, 0.25) is 5.95 Å². The third-order valence-corrected chi connectivity index (χ3v) is 29.2. The van der Waals surface area contributed by atoms with Gasteiger partial charge in [0.05, 0.1) is 111 Å². The van der Waals surface area contributed by atoms with Crippen LogP contribution < -0.4 is 62.4 Å². The molecule has 8 aromatic rings. The molecule has 0 bridgehead atoms. The first-order chi connectivity index (χ1) is 66.0. The maximum atomic E-state index is 15.3. The number of hydrogen-bond acceptors (Lipinski definition) is 48. The second-order valence-electron chi connectivity index (χ2n) is 32.0. The second kappa shape index (κ2) is 45.8. The molecule has 6 aliphatic rings. The van der Waals surface area contributed by atoms with Crippen LogP contribution >= 0.6 is 48.1 Å². The topological polar surface area (TPSA) is 765 Å². The number of aryl methyl sites for hydroxylation is 4. The lowest BCUT2D eigenvalue weighted by Gasteiger charge is -2.30. The number of aromatic nitrogens is 16. The first kappa shape index (κ1) is 107. The zero-order chi connectivity index (χ0) is 100. The van der Waals surface area contributed by atoms with Crippen molar-refractivity contribution in [1.29, 1.82) is 0 Å². The van der Waals surface area contributed by atoms with Gasteiger partial charge < -0.3 is 123 Å². The van der Waals surface area contributed by atoms with Crippen LogP contribution in [0.4, 0.5) is 23.4 Å². The molecule has 26 atom stereocenters. The molecule has 8 aromatic heterocycles. The van der Waals surface area contributed by atoms with Gasteiger partial charge in [0.25, 0.3) is 16.7 Å². The van der Waals surface area contributed by atoms with E-state index in [2.05, 4.69) is 62.1 Å². The fourth-order valence-corrected chi connectivity index (χ4v) is 22.1. The number of anilines is 4. The molecule has 14 heterocycles. The van der Waals surface area contributed by atoms with Crippen molar-refractivity contribution in [2.45, 2.75) is 176 Å². The Hall–Kier alpha value is -7.60. The van der Waals surface area contributed by atoms with Crippen molar-refractivity contribution < 1.29 is 150 Å². The van der Waals surface area contributed by atoms with E-state index in [1.807, 2.05) is 0 Å². The van der Waals surface area contributed by atoms with Crippen LogP contribution in [0.5, 0.6) is 0 Å². The fourth-order valence-electron chi connectivity index (χ4n) is 15.8. The maximum Gasteiger partial charge on any atom is 0.472 e. The Bertz CT molecular complexity index is 6400. The molecule has 14 rings (SSSR count). The van der Waals surface area contributed by atoms with Crippen molar-refractivity contribution in [1.82, 2.24) is 77.2 Å². The highest BCUT2D eigenvalue weighted by atomic mass is 32.7. The van der Waals surface area contributed by atoms with Crippen molar-refractivity contribution in [3.8, 4) is 0 Å². The van der Waals surface area contributed by atoms with Gasteiger partial charge in [-0.05, 0) is 64.2 Å². The van der Waals surface area contributed by atoms with Gasteiger partial charge in [0, 0.05) is 81.9 Å². The van der Waals surface area contributed by atoms with Gasteiger partial charge in [0.1, 0.15) is 121 Å². The smallest absolute Gasteiger partial charge is 0.394 e. The van der Waals surface area contributed by atoms with Crippen LogP contribution in [0.1, 0.15) is 78.9 Å². The zero-order valence-electron chi connectivity index (χ0n) is 74.9. The number of aromatic amines is 3. The number of H-pyrrole nitrogens is 3. The van der Waals surface area contributed by atoms with Crippen molar-refractivity contribution >= 4 is 117 Å². The van der Waals surface area contributed by atoms with Gasteiger partial charge in [-0.15, -0.1) is 0 Å². The van der Waals surface area contributed by atoms with Gasteiger partial charge in [0.15, 0.2) is 47.5 Å². The summed E-state index contributed by atoms with van der Waals surface area (Å²) in [4.78, 5) is 178. The molecule has 0 radical (unpaired) electrons. The number of nitrogens with zero attached hydrogens (tertiary/aromatic N) is 13. The number of nitrogens with two attached hydrogens (primary N) is 4. The lowest BCUT2D eigenvalue weighted by molar-refractivity contribution is -0.0853. The quantitative estimate of drug-likeness (QED) is 0.0117. The normalized spacial score (nSPS) is 28.8. The van der Waals surface area contributed by atoms with Crippen LogP contribution in [0.15, 0.2) is 77.3 Å². The lowest BCUT2D eigenvalue weighted by atomic mass is 10.1. The maximum absolute atomic E-state index is 15.3. The number of thiol groups is 1. The molecule has 16 N–H and O–H groups in total. The number of nitrogens with one attached hydrogen (secondary N) is 3. The molecule has 0 aliphatic carbocycles. The molecule has 0 aromatic carbocycles. The van der Waals surface area contributed by atoms with E-state index in [0.717, 1.165) is 24.5 Å². The minimum Gasteiger partial charge on any atom is -0.394 e. The molecule has 6 fully saturated rings. The largest absolute Gasteiger partial charge is 0.472 e. The number of nitrogen functional groups attached to an aromatic ring is 4. The van der Waals surface area contributed by atoms with Crippen LogP contribution in [0.25, 0.3) is 22.3 Å². The number of methoxy groups -OCH3 is 4. The third kappa shape index (κ3) is 25.5. The van der Waals surface area contributed by atoms with E-state index in [1.165, 1.54) is 98.3 Å². The number of hydrogen-bond donors (Lipinski definition) is 13. The summed E-state index contributed by atoms with van der Waals surface area (Å²) >= 11 is 15.6. The lowest BCUT2D eigenvalue weighted by Crippen LogP contribution is -2.42. The molecule has 67 heteroatoms. The van der Waals surface area contributed by atoms with Crippen molar-refractivity contribution in [3.05, 3.63) is 139 Å². The van der Waals surface area contributed by atoms with E-state index in [0.29, 0.717) is 24.0 Å².